The number of amides is 1. The molecule has 12 nitrogen and oxygen atoms in total. The summed E-state index contributed by atoms with van der Waals surface area (Å²) in [6.45, 7) is 1.92. The van der Waals surface area contributed by atoms with Crippen molar-refractivity contribution >= 4 is 5.91 Å². The van der Waals surface area contributed by atoms with Crippen molar-refractivity contribution < 1.29 is 23.2 Å². The van der Waals surface area contributed by atoms with Crippen LogP contribution in [-0.4, -0.2) is 37.2 Å². The SMILES string of the molecule is CCn1c(=O)c(-c2noc(C(=O)NCc3ccc4c(c3)OCO4)n2)nn(-c2ccc(F)cc2)c1=O. The lowest BCUT2D eigenvalue weighted by atomic mass is 10.2. The quantitative estimate of drug-likeness (QED) is 0.431. The standard InChI is InChI=1S/C22H17FN6O6/c1-2-28-21(31)17(26-29(22(28)32)14-6-4-13(23)5-7-14)18-25-20(35-27-18)19(30)24-10-12-3-8-15-16(9-12)34-11-33-15/h3-9H,2,10-11H2,1H3,(H,24,30). The first-order valence-corrected chi connectivity index (χ1v) is 10.5. The molecule has 0 saturated heterocycles. The Kier molecular flexibility index (Phi) is 5.57. The van der Waals surface area contributed by atoms with Crippen LogP contribution in [0.15, 0.2) is 56.6 Å². The molecule has 1 aliphatic rings. The fourth-order valence-corrected chi connectivity index (χ4v) is 3.41. The number of nitrogens with zero attached hydrogens (tertiary/aromatic N) is 5. The van der Waals surface area contributed by atoms with Crippen molar-refractivity contribution in [3.05, 3.63) is 80.6 Å². The van der Waals surface area contributed by atoms with Gasteiger partial charge in [-0.05, 0) is 48.9 Å². The Labute approximate surface area is 195 Å². The highest BCUT2D eigenvalue weighted by Crippen LogP contribution is 2.32. The lowest BCUT2D eigenvalue weighted by Crippen LogP contribution is -2.41. The van der Waals surface area contributed by atoms with Gasteiger partial charge < -0.3 is 19.3 Å². The normalized spacial score (nSPS) is 12.1. The van der Waals surface area contributed by atoms with Gasteiger partial charge in [0.1, 0.15) is 5.82 Å². The van der Waals surface area contributed by atoms with Crippen LogP contribution in [0.3, 0.4) is 0 Å². The number of fused-ring (bicyclic) bond motifs is 1. The van der Waals surface area contributed by atoms with E-state index in [0.717, 1.165) is 26.9 Å². The maximum Gasteiger partial charge on any atom is 0.352 e. The van der Waals surface area contributed by atoms with Gasteiger partial charge in [0.2, 0.25) is 12.6 Å². The number of hydrogen-bond acceptors (Lipinski definition) is 9. The molecule has 2 aromatic heterocycles. The zero-order valence-corrected chi connectivity index (χ0v) is 18.2. The molecule has 1 amide bonds. The third-order valence-electron chi connectivity index (χ3n) is 5.17. The minimum Gasteiger partial charge on any atom is -0.454 e. The topological polar surface area (TPSA) is 143 Å². The van der Waals surface area contributed by atoms with E-state index >= 15 is 0 Å². The summed E-state index contributed by atoms with van der Waals surface area (Å²) in [5.41, 5.74) is -0.817. The maximum absolute atomic E-state index is 13.3. The van der Waals surface area contributed by atoms with E-state index < -0.39 is 28.9 Å². The van der Waals surface area contributed by atoms with Gasteiger partial charge in [0.05, 0.1) is 5.69 Å². The van der Waals surface area contributed by atoms with Gasteiger partial charge in [0.15, 0.2) is 17.2 Å². The number of carbonyl (C=O) groups is 1. The van der Waals surface area contributed by atoms with Gasteiger partial charge in [-0.15, -0.1) is 0 Å². The summed E-state index contributed by atoms with van der Waals surface area (Å²) in [7, 11) is 0. The Bertz CT molecular complexity index is 1540. The van der Waals surface area contributed by atoms with Crippen LogP contribution in [0.4, 0.5) is 4.39 Å². The molecule has 13 heteroatoms. The molecule has 0 spiro atoms. The van der Waals surface area contributed by atoms with E-state index in [0.29, 0.717) is 11.5 Å². The minimum absolute atomic E-state index is 0.0368. The molecule has 0 aliphatic carbocycles. The van der Waals surface area contributed by atoms with E-state index in [2.05, 4.69) is 20.6 Å². The molecule has 0 atom stereocenters. The average molecular weight is 480 g/mol. The summed E-state index contributed by atoms with van der Waals surface area (Å²) >= 11 is 0. The number of benzene rings is 2. The van der Waals surface area contributed by atoms with E-state index in [-0.39, 0.29) is 37.1 Å². The molecule has 178 valence electrons. The third-order valence-corrected chi connectivity index (χ3v) is 5.17. The monoisotopic (exact) mass is 480 g/mol. The van der Waals surface area contributed by atoms with Crippen LogP contribution in [0.1, 0.15) is 23.2 Å². The Balaban J connectivity index is 1.41. The first-order valence-electron chi connectivity index (χ1n) is 10.5. The first-order chi connectivity index (χ1) is 16.9. The van der Waals surface area contributed by atoms with Gasteiger partial charge in [0, 0.05) is 13.1 Å². The van der Waals surface area contributed by atoms with Crippen molar-refractivity contribution in [1.82, 2.24) is 29.8 Å². The number of ether oxygens (including phenoxy) is 2. The van der Waals surface area contributed by atoms with Gasteiger partial charge in [-0.1, -0.05) is 11.2 Å². The van der Waals surface area contributed by atoms with Crippen LogP contribution in [0.25, 0.3) is 17.2 Å². The highest BCUT2D eigenvalue weighted by Gasteiger charge is 2.22. The molecular weight excluding hydrogens is 463 g/mol. The smallest absolute Gasteiger partial charge is 0.352 e. The predicted octanol–water partition coefficient (Wildman–Crippen LogP) is 1.26. The second-order valence-electron chi connectivity index (χ2n) is 7.36. The fourth-order valence-electron chi connectivity index (χ4n) is 3.41. The molecule has 1 aliphatic heterocycles. The summed E-state index contributed by atoms with van der Waals surface area (Å²) in [6, 6.07) is 10.2. The number of aromatic nitrogens is 5. The molecule has 1 N–H and O–H groups in total. The highest BCUT2D eigenvalue weighted by atomic mass is 19.1. The lowest BCUT2D eigenvalue weighted by Gasteiger charge is -2.09. The zero-order chi connectivity index (χ0) is 24.5. The van der Waals surface area contributed by atoms with E-state index in [1.807, 2.05) is 0 Å². The summed E-state index contributed by atoms with van der Waals surface area (Å²) in [6.07, 6.45) is 0. The molecule has 0 fully saturated rings. The molecule has 3 heterocycles. The van der Waals surface area contributed by atoms with Crippen LogP contribution in [0.2, 0.25) is 0 Å². The number of nitrogens with one attached hydrogen (secondary N) is 1. The number of carbonyl (C=O) groups excluding carboxylic acids is 1. The molecule has 0 bridgehead atoms. The molecule has 5 rings (SSSR count). The van der Waals surface area contributed by atoms with Crippen molar-refractivity contribution in [2.45, 2.75) is 20.0 Å². The Hall–Kier alpha value is -4.81. The summed E-state index contributed by atoms with van der Waals surface area (Å²) in [4.78, 5) is 42.0. The lowest BCUT2D eigenvalue weighted by molar-refractivity contribution is 0.0907. The third kappa shape index (κ3) is 4.14. The van der Waals surface area contributed by atoms with Crippen molar-refractivity contribution in [3.8, 4) is 28.7 Å². The highest BCUT2D eigenvalue weighted by molar-refractivity contribution is 5.89. The van der Waals surface area contributed by atoms with Crippen molar-refractivity contribution in [3.63, 3.8) is 0 Å². The Morgan fingerprint density at radius 3 is 2.66 bits per heavy atom. The first kappa shape index (κ1) is 22.0. The van der Waals surface area contributed by atoms with E-state index in [4.69, 9.17) is 14.0 Å². The number of rotatable bonds is 6. The zero-order valence-electron chi connectivity index (χ0n) is 18.2. The second-order valence-corrected chi connectivity index (χ2v) is 7.36. The van der Waals surface area contributed by atoms with Gasteiger partial charge in [-0.2, -0.15) is 14.8 Å². The predicted molar refractivity (Wildman–Crippen MR) is 117 cm³/mol. The van der Waals surface area contributed by atoms with Crippen LogP contribution >= 0.6 is 0 Å². The van der Waals surface area contributed by atoms with Crippen molar-refractivity contribution in [2.75, 3.05) is 6.79 Å². The molecule has 0 radical (unpaired) electrons. The van der Waals surface area contributed by atoms with Gasteiger partial charge >= 0.3 is 17.5 Å². The van der Waals surface area contributed by atoms with E-state index in [1.54, 1.807) is 25.1 Å². The molecule has 2 aromatic carbocycles. The van der Waals surface area contributed by atoms with Crippen molar-refractivity contribution in [2.24, 2.45) is 0 Å². The minimum atomic E-state index is -0.760. The summed E-state index contributed by atoms with van der Waals surface area (Å²) in [5, 5.41) is 10.4. The van der Waals surface area contributed by atoms with Crippen LogP contribution in [0.5, 0.6) is 11.5 Å². The van der Waals surface area contributed by atoms with Gasteiger partial charge in [-0.3, -0.25) is 14.2 Å². The Morgan fingerprint density at radius 1 is 1.11 bits per heavy atom. The maximum atomic E-state index is 13.3. The summed E-state index contributed by atoms with van der Waals surface area (Å²) < 4.78 is 30.8. The molecule has 0 unspecified atom stereocenters. The largest absolute Gasteiger partial charge is 0.454 e. The van der Waals surface area contributed by atoms with Crippen molar-refractivity contribution in [1.29, 1.82) is 0 Å². The second kappa shape index (κ2) is 8.85. The van der Waals surface area contributed by atoms with Gasteiger partial charge in [-0.25, -0.2) is 9.18 Å². The van der Waals surface area contributed by atoms with E-state index in [9.17, 15) is 18.8 Å². The number of hydrogen-bond donors (Lipinski definition) is 1. The fraction of sp³-hybridized carbons (Fsp3) is 0.182. The van der Waals surface area contributed by atoms with E-state index in [1.165, 1.54) is 12.1 Å². The molecule has 35 heavy (non-hydrogen) atoms. The average Bonchev–Trinajstić information content (AvgIpc) is 3.53. The van der Waals surface area contributed by atoms with Crippen LogP contribution in [0, 0.1) is 5.82 Å². The molecule has 0 saturated carbocycles. The molecular formula is C22H17FN6O6. The summed E-state index contributed by atoms with van der Waals surface area (Å²) in [5.74, 6) is -0.657. The Morgan fingerprint density at radius 2 is 1.89 bits per heavy atom. The number of halogens is 1. The molecule has 4 aromatic rings. The van der Waals surface area contributed by atoms with Gasteiger partial charge in [0.25, 0.3) is 5.56 Å². The van der Waals surface area contributed by atoms with Crippen LogP contribution < -0.4 is 26.0 Å². The van der Waals surface area contributed by atoms with Crippen LogP contribution in [-0.2, 0) is 13.1 Å².